The second kappa shape index (κ2) is 16.7. The maximum atomic E-state index is 13.3. The molecule has 0 atom stereocenters. The van der Waals surface area contributed by atoms with Gasteiger partial charge in [-0.3, -0.25) is 9.59 Å². The molecule has 0 radical (unpaired) electrons. The Kier molecular flexibility index (Phi) is 11.2. The lowest BCUT2D eigenvalue weighted by atomic mass is 10.1. The second-order valence-corrected chi connectivity index (χ2v) is 15.7. The summed E-state index contributed by atoms with van der Waals surface area (Å²) in [6.07, 6.45) is 3.91. The predicted molar refractivity (Wildman–Crippen MR) is 230 cm³/mol. The van der Waals surface area contributed by atoms with Crippen LogP contribution in [0.15, 0.2) is 121 Å². The van der Waals surface area contributed by atoms with Crippen LogP contribution in [0.3, 0.4) is 0 Å². The summed E-state index contributed by atoms with van der Waals surface area (Å²) in [5.41, 5.74) is 12.2. The van der Waals surface area contributed by atoms with E-state index in [0.717, 1.165) is 64.2 Å². The summed E-state index contributed by atoms with van der Waals surface area (Å²) in [6.45, 7) is 8.39. The lowest BCUT2D eigenvalue weighted by molar-refractivity contribution is -0.129. The molecule has 9 rings (SSSR count). The van der Waals surface area contributed by atoms with Crippen molar-refractivity contribution in [3.63, 3.8) is 0 Å². The summed E-state index contributed by atoms with van der Waals surface area (Å²) in [5.74, 6) is 1.07. The fourth-order valence-electron chi connectivity index (χ4n) is 8.68. The number of hydrogen-bond donors (Lipinski definition) is 0. The van der Waals surface area contributed by atoms with Crippen LogP contribution in [0.5, 0.6) is 5.75 Å². The van der Waals surface area contributed by atoms with Crippen LogP contribution in [0, 0.1) is 6.92 Å². The Morgan fingerprint density at radius 3 is 2.02 bits per heavy atom. The first-order valence-corrected chi connectivity index (χ1v) is 20.3. The van der Waals surface area contributed by atoms with Crippen LogP contribution >= 0.6 is 11.6 Å². The number of aryl methyl sites for hydroxylation is 1. The molecule has 8 heteroatoms. The summed E-state index contributed by atoms with van der Waals surface area (Å²) in [6, 6.07) is 41.3. The Balaban J connectivity index is 0.000000165. The van der Waals surface area contributed by atoms with E-state index in [9.17, 15) is 9.59 Å². The van der Waals surface area contributed by atoms with E-state index < -0.39 is 0 Å². The van der Waals surface area contributed by atoms with Crippen molar-refractivity contribution in [1.29, 1.82) is 0 Å². The molecular formula is C49H49ClN4O3. The number of carbonyl (C=O) groups excluding carboxylic acids is 2. The van der Waals surface area contributed by atoms with E-state index in [2.05, 4.69) is 101 Å². The van der Waals surface area contributed by atoms with Crippen molar-refractivity contribution in [1.82, 2.24) is 18.9 Å². The van der Waals surface area contributed by atoms with Gasteiger partial charge in [0.2, 0.25) is 5.91 Å². The molecule has 0 fully saturated rings. The number of hydrogen-bond acceptors (Lipinski definition) is 3. The van der Waals surface area contributed by atoms with Crippen molar-refractivity contribution in [2.24, 2.45) is 0 Å². The van der Waals surface area contributed by atoms with Crippen molar-refractivity contribution >= 4 is 45.2 Å². The molecule has 0 aliphatic carbocycles. The standard InChI is InChI=1S/C27H25ClN2O2.C22H24N2O/c1-32-22-10-4-7-19(15-22)17-30-25-12-3-2-11-23(25)24-18-29(14-6-13-26(24)30)27(31)20-8-5-9-21(28)16-20;1-16-10-11-22-19(13-16)20-15-23(17(2)25)12-6-9-21(20)24(22)14-18-7-4-3-5-8-18/h2-5,7-12,15-16H,6,13-14,17-18H2,1H3;3-5,7-8,10-11,13H,6,9,12,14-15H2,1-2H3. The molecule has 57 heavy (non-hydrogen) atoms. The minimum atomic E-state index is 0.0324. The van der Waals surface area contributed by atoms with Gasteiger partial charge in [0.15, 0.2) is 0 Å². The number of benzene rings is 5. The zero-order valence-electron chi connectivity index (χ0n) is 33.0. The molecule has 2 aliphatic rings. The maximum absolute atomic E-state index is 13.3. The summed E-state index contributed by atoms with van der Waals surface area (Å²) >= 11 is 6.14. The average Bonchev–Trinajstić information content (AvgIpc) is 3.42. The molecule has 2 aliphatic heterocycles. The minimum Gasteiger partial charge on any atom is -0.497 e. The van der Waals surface area contributed by atoms with Crippen LogP contribution in [0.25, 0.3) is 21.8 Å². The molecule has 4 heterocycles. The first kappa shape index (κ1) is 38.1. The third-order valence-corrected chi connectivity index (χ3v) is 11.7. The van der Waals surface area contributed by atoms with Gasteiger partial charge in [-0.05, 0) is 92.3 Å². The molecular weight excluding hydrogens is 728 g/mol. The Bertz CT molecular complexity index is 2570. The molecule has 0 saturated carbocycles. The highest BCUT2D eigenvalue weighted by molar-refractivity contribution is 6.31. The van der Waals surface area contributed by atoms with Crippen molar-refractivity contribution in [3.8, 4) is 5.75 Å². The van der Waals surface area contributed by atoms with Gasteiger partial charge in [-0.15, -0.1) is 0 Å². The van der Waals surface area contributed by atoms with Gasteiger partial charge in [0.25, 0.3) is 5.91 Å². The summed E-state index contributed by atoms with van der Waals surface area (Å²) in [5, 5.41) is 3.11. The van der Waals surface area contributed by atoms with Crippen molar-refractivity contribution in [2.45, 2.75) is 65.7 Å². The lowest BCUT2D eigenvalue weighted by Crippen LogP contribution is -2.30. The van der Waals surface area contributed by atoms with Gasteiger partial charge >= 0.3 is 0 Å². The van der Waals surface area contributed by atoms with E-state index in [4.69, 9.17) is 16.3 Å². The van der Waals surface area contributed by atoms with Crippen LogP contribution < -0.4 is 4.74 Å². The zero-order valence-corrected chi connectivity index (χ0v) is 33.8. The van der Waals surface area contributed by atoms with Gasteiger partial charge in [0.05, 0.1) is 7.11 Å². The summed E-state index contributed by atoms with van der Waals surface area (Å²) in [7, 11) is 1.70. The Hall–Kier alpha value is -5.79. The number of fused-ring (bicyclic) bond motifs is 6. The van der Waals surface area contributed by atoms with E-state index >= 15 is 0 Å². The largest absolute Gasteiger partial charge is 0.497 e. The van der Waals surface area contributed by atoms with E-state index in [1.807, 2.05) is 34.1 Å². The van der Waals surface area contributed by atoms with Gasteiger partial charge in [-0.2, -0.15) is 0 Å². The monoisotopic (exact) mass is 776 g/mol. The molecule has 0 N–H and O–H groups in total. The third-order valence-electron chi connectivity index (χ3n) is 11.5. The molecule has 0 spiro atoms. The zero-order chi connectivity index (χ0) is 39.5. The number of nitrogens with zero attached hydrogens (tertiary/aromatic N) is 4. The Morgan fingerprint density at radius 1 is 0.649 bits per heavy atom. The number of amides is 2. The number of rotatable bonds is 6. The van der Waals surface area contributed by atoms with Crippen molar-refractivity contribution < 1.29 is 14.3 Å². The quantitative estimate of drug-likeness (QED) is 0.169. The lowest BCUT2D eigenvalue weighted by Gasteiger charge is -2.21. The molecule has 290 valence electrons. The van der Waals surface area contributed by atoms with Crippen LogP contribution in [0.2, 0.25) is 5.02 Å². The van der Waals surface area contributed by atoms with E-state index in [-0.39, 0.29) is 11.8 Å². The van der Waals surface area contributed by atoms with Gasteiger partial charge in [-0.1, -0.05) is 90.0 Å². The van der Waals surface area contributed by atoms with Gasteiger partial charge in [-0.25, -0.2) is 0 Å². The first-order chi connectivity index (χ1) is 27.8. The topological polar surface area (TPSA) is 59.7 Å². The first-order valence-electron chi connectivity index (χ1n) is 19.9. The highest BCUT2D eigenvalue weighted by atomic mass is 35.5. The van der Waals surface area contributed by atoms with Crippen molar-refractivity contribution in [2.75, 3.05) is 20.2 Å². The summed E-state index contributed by atoms with van der Waals surface area (Å²) < 4.78 is 10.3. The fraction of sp³-hybridized carbons (Fsp3) is 0.265. The number of carbonyl (C=O) groups is 2. The van der Waals surface area contributed by atoms with E-state index in [1.165, 1.54) is 61.0 Å². The van der Waals surface area contributed by atoms with Crippen LogP contribution in [-0.4, -0.2) is 50.9 Å². The highest BCUT2D eigenvalue weighted by Gasteiger charge is 2.26. The SMILES string of the molecule is CC(=O)N1CCCc2c(c3cc(C)ccc3n2Cc2ccccc2)C1.COc1cccc(Cn2c3c(c4ccccc42)CN(C(=O)c2cccc(Cl)c2)CCC3)c1. The maximum Gasteiger partial charge on any atom is 0.254 e. The molecule has 2 amide bonds. The predicted octanol–water partition coefficient (Wildman–Crippen LogP) is 10.2. The number of para-hydroxylation sites is 1. The Morgan fingerprint density at radius 2 is 1.28 bits per heavy atom. The fourth-order valence-corrected chi connectivity index (χ4v) is 8.87. The van der Waals surface area contributed by atoms with Gasteiger partial charge < -0.3 is 23.7 Å². The average molecular weight is 777 g/mol. The third kappa shape index (κ3) is 8.08. The molecule has 7 nitrogen and oxygen atoms in total. The molecule has 0 bridgehead atoms. The molecule has 5 aromatic carbocycles. The normalized spacial score (nSPS) is 14.0. The molecule has 7 aromatic rings. The molecule has 0 saturated heterocycles. The Labute approximate surface area is 340 Å². The van der Waals surface area contributed by atoms with Crippen LogP contribution in [-0.2, 0) is 43.8 Å². The number of halogens is 1. The smallest absolute Gasteiger partial charge is 0.254 e. The van der Waals surface area contributed by atoms with E-state index in [0.29, 0.717) is 17.1 Å². The van der Waals surface area contributed by atoms with Crippen molar-refractivity contribution in [3.05, 3.63) is 171 Å². The van der Waals surface area contributed by atoms with Crippen LogP contribution in [0.4, 0.5) is 0 Å². The van der Waals surface area contributed by atoms with Gasteiger partial charge in [0, 0.05) is 101 Å². The number of aromatic nitrogens is 2. The second-order valence-electron chi connectivity index (χ2n) is 15.3. The summed E-state index contributed by atoms with van der Waals surface area (Å²) in [4.78, 5) is 29.2. The molecule has 2 aromatic heterocycles. The van der Waals surface area contributed by atoms with E-state index in [1.54, 1.807) is 26.2 Å². The molecule has 0 unspecified atom stereocenters. The highest BCUT2D eigenvalue weighted by Crippen LogP contribution is 2.34. The number of methoxy groups -OCH3 is 1. The minimum absolute atomic E-state index is 0.0324. The number of ether oxygens (including phenoxy) is 1. The van der Waals surface area contributed by atoms with Crippen LogP contribution in [0.1, 0.15) is 69.3 Å². The van der Waals surface area contributed by atoms with Gasteiger partial charge in [0.1, 0.15) is 5.75 Å².